The molecule has 31 heavy (non-hydrogen) atoms. The number of hydrogen-bond donors (Lipinski definition) is 1. The standard InChI is InChI=1S/C24H19BrN2O3S/c1-29-22-12-9-18(13-20(22)25)21-15-31-24(26-21)27-23(28)17-7-10-19(11-8-17)30-14-16-5-3-2-4-6-16/h2-13,15H,14H2,1H3,(H,26,27,28). The largest absolute Gasteiger partial charge is 0.496 e. The lowest BCUT2D eigenvalue weighted by Gasteiger charge is -2.07. The molecular formula is C24H19BrN2O3S. The van der Waals surface area contributed by atoms with Gasteiger partial charge < -0.3 is 9.47 Å². The predicted molar refractivity (Wildman–Crippen MR) is 127 cm³/mol. The van der Waals surface area contributed by atoms with Crippen LogP contribution in [0.5, 0.6) is 11.5 Å². The molecule has 156 valence electrons. The minimum atomic E-state index is -0.216. The number of nitrogens with one attached hydrogen (secondary N) is 1. The molecule has 0 radical (unpaired) electrons. The molecule has 0 atom stereocenters. The fourth-order valence-corrected chi connectivity index (χ4v) is 4.16. The highest BCUT2D eigenvalue weighted by molar-refractivity contribution is 9.10. The maximum Gasteiger partial charge on any atom is 0.257 e. The van der Waals surface area contributed by atoms with Gasteiger partial charge in [-0.25, -0.2) is 4.98 Å². The summed E-state index contributed by atoms with van der Waals surface area (Å²) in [4.78, 5) is 17.1. The van der Waals surface area contributed by atoms with Crippen LogP contribution >= 0.6 is 27.3 Å². The Morgan fingerprint density at radius 2 is 1.84 bits per heavy atom. The van der Waals surface area contributed by atoms with E-state index in [1.165, 1.54) is 11.3 Å². The summed E-state index contributed by atoms with van der Waals surface area (Å²) < 4.78 is 11.9. The molecule has 1 aromatic heterocycles. The number of amides is 1. The highest BCUT2D eigenvalue weighted by Crippen LogP contribution is 2.32. The number of hydrogen-bond acceptors (Lipinski definition) is 5. The first-order valence-corrected chi connectivity index (χ1v) is 11.2. The number of carbonyl (C=O) groups excluding carboxylic acids is 1. The highest BCUT2D eigenvalue weighted by atomic mass is 79.9. The molecule has 1 N–H and O–H groups in total. The van der Waals surface area contributed by atoms with Crippen molar-refractivity contribution in [2.24, 2.45) is 0 Å². The number of halogens is 1. The Kier molecular flexibility index (Phi) is 6.64. The van der Waals surface area contributed by atoms with E-state index in [0.29, 0.717) is 23.1 Å². The Hall–Kier alpha value is -3.16. The van der Waals surface area contributed by atoms with E-state index in [2.05, 4.69) is 26.2 Å². The van der Waals surface area contributed by atoms with Gasteiger partial charge in [0.05, 0.1) is 17.3 Å². The fraction of sp³-hybridized carbons (Fsp3) is 0.0833. The molecule has 0 aliphatic heterocycles. The van der Waals surface area contributed by atoms with E-state index in [9.17, 15) is 4.79 Å². The van der Waals surface area contributed by atoms with Gasteiger partial charge in [-0.05, 0) is 64.0 Å². The van der Waals surface area contributed by atoms with Crippen molar-refractivity contribution in [3.63, 3.8) is 0 Å². The molecule has 4 aromatic rings. The third-order valence-corrected chi connectivity index (χ3v) is 5.91. The zero-order chi connectivity index (χ0) is 21.6. The summed E-state index contributed by atoms with van der Waals surface area (Å²) in [6, 6.07) is 22.7. The zero-order valence-corrected chi connectivity index (χ0v) is 19.1. The van der Waals surface area contributed by atoms with Gasteiger partial charge in [-0.3, -0.25) is 10.1 Å². The molecular weight excluding hydrogens is 476 g/mol. The van der Waals surface area contributed by atoms with E-state index in [-0.39, 0.29) is 5.91 Å². The van der Waals surface area contributed by atoms with E-state index < -0.39 is 0 Å². The number of nitrogens with zero attached hydrogens (tertiary/aromatic N) is 1. The molecule has 1 amide bonds. The van der Waals surface area contributed by atoms with Crippen LogP contribution in [0.4, 0.5) is 5.13 Å². The number of thiazole rings is 1. The predicted octanol–water partition coefficient (Wildman–Crippen LogP) is 6.41. The lowest BCUT2D eigenvalue weighted by atomic mass is 10.2. The summed E-state index contributed by atoms with van der Waals surface area (Å²) in [6.07, 6.45) is 0. The molecule has 0 saturated heterocycles. The summed E-state index contributed by atoms with van der Waals surface area (Å²) >= 11 is 4.86. The SMILES string of the molecule is COc1ccc(-c2csc(NC(=O)c3ccc(OCc4ccccc4)cc3)n2)cc1Br. The first kappa shape index (κ1) is 21.1. The lowest BCUT2D eigenvalue weighted by molar-refractivity contribution is 0.102. The Labute approximate surface area is 192 Å². The molecule has 0 aliphatic carbocycles. The summed E-state index contributed by atoms with van der Waals surface area (Å²) in [7, 11) is 1.62. The Morgan fingerprint density at radius 3 is 2.55 bits per heavy atom. The van der Waals surface area contributed by atoms with Gasteiger partial charge in [0, 0.05) is 16.5 Å². The second kappa shape index (κ2) is 9.76. The van der Waals surface area contributed by atoms with Crippen molar-refractivity contribution >= 4 is 38.3 Å². The van der Waals surface area contributed by atoms with Crippen LogP contribution in [-0.4, -0.2) is 18.0 Å². The normalized spacial score (nSPS) is 10.5. The minimum absolute atomic E-state index is 0.216. The average Bonchev–Trinajstić information content (AvgIpc) is 3.27. The molecule has 4 rings (SSSR count). The van der Waals surface area contributed by atoms with Crippen LogP contribution in [0.1, 0.15) is 15.9 Å². The topological polar surface area (TPSA) is 60.5 Å². The second-order valence-corrected chi connectivity index (χ2v) is 8.35. The average molecular weight is 495 g/mol. The number of rotatable bonds is 7. The van der Waals surface area contributed by atoms with Crippen LogP contribution in [-0.2, 0) is 6.61 Å². The number of carbonyl (C=O) groups is 1. The van der Waals surface area contributed by atoms with Gasteiger partial charge in [0.2, 0.25) is 0 Å². The van der Waals surface area contributed by atoms with Gasteiger partial charge >= 0.3 is 0 Å². The zero-order valence-electron chi connectivity index (χ0n) is 16.7. The van der Waals surface area contributed by atoms with Crippen molar-refractivity contribution in [3.8, 4) is 22.8 Å². The van der Waals surface area contributed by atoms with Crippen molar-refractivity contribution in [2.45, 2.75) is 6.61 Å². The summed E-state index contributed by atoms with van der Waals surface area (Å²) in [5.41, 5.74) is 3.35. The molecule has 7 heteroatoms. The van der Waals surface area contributed by atoms with Crippen molar-refractivity contribution in [2.75, 3.05) is 12.4 Å². The Balaban J connectivity index is 1.38. The molecule has 0 bridgehead atoms. The van der Waals surface area contributed by atoms with Gasteiger partial charge in [-0.2, -0.15) is 0 Å². The second-order valence-electron chi connectivity index (χ2n) is 6.64. The summed E-state index contributed by atoms with van der Waals surface area (Å²) in [6.45, 7) is 0.482. The van der Waals surface area contributed by atoms with E-state index >= 15 is 0 Å². The Morgan fingerprint density at radius 1 is 1.06 bits per heavy atom. The molecule has 0 saturated carbocycles. The highest BCUT2D eigenvalue weighted by Gasteiger charge is 2.11. The number of aromatic nitrogens is 1. The van der Waals surface area contributed by atoms with Crippen molar-refractivity contribution < 1.29 is 14.3 Å². The van der Waals surface area contributed by atoms with Crippen molar-refractivity contribution in [1.82, 2.24) is 4.98 Å². The number of ether oxygens (including phenoxy) is 2. The van der Waals surface area contributed by atoms with E-state index in [4.69, 9.17) is 9.47 Å². The van der Waals surface area contributed by atoms with Gasteiger partial charge in [0.1, 0.15) is 18.1 Å². The molecule has 0 aliphatic rings. The van der Waals surface area contributed by atoms with Gasteiger partial charge in [-0.1, -0.05) is 30.3 Å². The van der Waals surface area contributed by atoms with Crippen LogP contribution in [0.25, 0.3) is 11.3 Å². The number of benzene rings is 3. The van der Waals surface area contributed by atoms with Gasteiger partial charge in [-0.15, -0.1) is 11.3 Å². The molecule has 0 spiro atoms. The first-order valence-electron chi connectivity index (χ1n) is 9.50. The Bertz CT molecular complexity index is 1180. The fourth-order valence-electron chi connectivity index (χ4n) is 2.90. The smallest absolute Gasteiger partial charge is 0.257 e. The monoisotopic (exact) mass is 494 g/mol. The third-order valence-electron chi connectivity index (χ3n) is 4.54. The third kappa shape index (κ3) is 5.31. The van der Waals surface area contributed by atoms with Crippen LogP contribution in [0.3, 0.4) is 0 Å². The maximum atomic E-state index is 12.6. The lowest BCUT2D eigenvalue weighted by Crippen LogP contribution is -2.11. The number of methoxy groups -OCH3 is 1. The van der Waals surface area contributed by atoms with Crippen LogP contribution in [0.2, 0.25) is 0 Å². The number of anilines is 1. The van der Waals surface area contributed by atoms with Crippen molar-refractivity contribution in [3.05, 3.63) is 93.8 Å². The van der Waals surface area contributed by atoms with Crippen LogP contribution in [0, 0.1) is 0 Å². The minimum Gasteiger partial charge on any atom is -0.496 e. The van der Waals surface area contributed by atoms with Crippen LogP contribution in [0.15, 0.2) is 82.6 Å². The molecule has 3 aromatic carbocycles. The quantitative estimate of drug-likeness (QED) is 0.322. The van der Waals surface area contributed by atoms with E-state index in [0.717, 1.165) is 27.0 Å². The van der Waals surface area contributed by atoms with Gasteiger partial charge in [0.15, 0.2) is 5.13 Å². The summed E-state index contributed by atoms with van der Waals surface area (Å²) in [5, 5.41) is 5.30. The molecule has 0 unspecified atom stereocenters. The molecule has 1 heterocycles. The van der Waals surface area contributed by atoms with Crippen molar-refractivity contribution in [1.29, 1.82) is 0 Å². The van der Waals surface area contributed by atoms with E-state index in [1.54, 1.807) is 31.4 Å². The summed E-state index contributed by atoms with van der Waals surface area (Å²) in [5.74, 6) is 1.25. The van der Waals surface area contributed by atoms with E-state index in [1.807, 2.05) is 53.9 Å². The first-order chi connectivity index (χ1) is 15.1. The molecule has 0 fully saturated rings. The molecule has 5 nitrogen and oxygen atoms in total. The van der Waals surface area contributed by atoms with Gasteiger partial charge in [0.25, 0.3) is 5.91 Å². The van der Waals surface area contributed by atoms with Crippen LogP contribution < -0.4 is 14.8 Å². The maximum absolute atomic E-state index is 12.6.